The van der Waals surface area contributed by atoms with Crippen molar-refractivity contribution in [2.45, 2.75) is 26.7 Å². The molecular formula is C52H38N2. The number of hydrogen-bond acceptors (Lipinski definition) is 0. The Hall–Kier alpha value is -6.64. The molecule has 10 aromatic rings. The zero-order valence-electron chi connectivity index (χ0n) is 30.5. The van der Waals surface area contributed by atoms with Crippen LogP contribution in [0.15, 0.2) is 170 Å². The van der Waals surface area contributed by atoms with Gasteiger partial charge in [-0.3, -0.25) is 0 Å². The molecule has 0 bridgehead atoms. The molecule has 0 radical (unpaired) electrons. The topological polar surface area (TPSA) is 9.86 Å². The van der Waals surface area contributed by atoms with Gasteiger partial charge in [-0.25, -0.2) is 0 Å². The first-order chi connectivity index (χ1) is 26.6. The summed E-state index contributed by atoms with van der Waals surface area (Å²) in [4.78, 5) is 0. The molecule has 0 N–H and O–H groups in total. The molecule has 0 aliphatic heterocycles. The molecule has 1 aliphatic carbocycles. The average molecular weight is 691 g/mol. The van der Waals surface area contributed by atoms with Crippen LogP contribution in [0.4, 0.5) is 0 Å². The van der Waals surface area contributed by atoms with Crippen LogP contribution >= 0.6 is 0 Å². The number of aryl methyl sites for hydroxylation is 4. The van der Waals surface area contributed by atoms with Crippen LogP contribution in [0.5, 0.6) is 0 Å². The lowest BCUT2D eigenvalue weighted by Gasteiger charge is -2.23. The van der Waals surface area contributed by atoms with E-state index in [0.29, 0.717) is 0 Å². The highest BCUT2D eigenvalue weighted by Crippen LogP contribution is 2.46. The van der Waals surface area contributed by atoms with Crippen LogP contribution in [-0.2, 0) is 12.8 Å². The third kappa shape index (κ3) is 4.73. The Bertz CT molecular complexity index is 3010. The lowest BCUT2D eigenvalue weighted by molar-refractivity contribution is 0.944. The largest absolute Gasteiger partial charge is 0.309 e. The molecule has 0 fully saturated rings. The molecule has 256 valence electrons. The van der Waals surface area contributed by atoms with Gasteiger partial charge in [0.2, 0.25) is 0 Å². The average Bonchev–Trinajstić information content (AvgIpc) is 3.73. The summed E-state index contributed by atoms with van der Waals surface area (Å²) < 4.78 is 4.98. The second-order valence-electron chi connectivity index (χ2n) is 15.1. The number of para-hydroxylation sites is 2. The molecule has 0 spiro atoms. The van der Waals surface area contributed by atoms with Crippen LogP contribution in [0.1, 0.15) is 22.3 Å². The first-order valence-electron chi connectivity index (χ1n) is 19.1. The Labute approximate surface area is 315 Å². The standard InChI is InChI=1S/C52H38N2/c1-33-13-17-35(18-14-33)37-23-28-50-46(29-37)44-26-25-42-43(52(44)54(50)41-11-7-4-8-12-41)24-21-39-31-48-47-30-38(36-19-15-34(2)16-20-36)22-27-49(47)53(51(48)32-45(39)42)40-9-5-3-6-10-40/h3-20,22-23,25-32H,21,24H2,1-2H3. The number of rotatable bonds is 4. The molecule has 0 amide bonds. The van der Waals surface area contributed by atoms with Crippen molar-refractivity contribution in [1.29, 1.82) is 0 Å². The van der Waals surface area contributed by atoms with E-state index in [1.165, 1.54) is 111 Å². The van der Waals surface area contributed by atoms with E-state index in [1.54, 1.807) is 0 Å². The summed E-state index contributed by atoms with van der Waals surface area (Å²) in [6.07, 6.45) is 1.99. The van der Waals surface area contributed by atoms with Crippen LogP contribution in [0.3, 0.4) is 0 Å². The van der Waals surface area contributed by atoms with Gasteiger partial charge in [-0.05, 0) is 132 Å². The van der Waals surface area contributed by atoms with E-state index in [1.807, 2.05) is 0 Å². The molecule has 8 aromatic carbocycles. The normalized spacial score (nSPS) is 12.5. The molecule has 0 saturated carbocycles. The molecule has 1 aliphatic rings. The molecule has 0 atom stereocenters. The lowest BCUT2D eigenvalue weighted by atomic mass is 9.83. The number of hydrogen-bond donors (Lipinski definition) is 0. The van der Waals surface area contributed by atoms with Crippen LogP contribution in [-0.4, -0.2) is 9.13 Å². The summed E-state index contributed by atoms with van der Waals surface area (Å²) in [6.45, 7) is 4.30. The molecule has 2 aromatic heterocycles. The predicted octanol–water partition coefficient (Wildman–Crippen LogP) is 13.6. The van der Waals surface area contributed by atoms with E-state index >= 15 is 0 Å². The van der Waals surface area contributed by atoms with Crippen molar-refractivity contribution >= 4 is 43.6 Å². The number of fused-ring (bicyclic) bond motifs is 10. The maximum absolute atomic E-state index is 2.51. The summed E-state index contributed by atoms with van der Waals surface area (Å²) in [7, 11) is 0. The van der Waals surface area contributed by atoms with Gasteiger partial charge in [0, 0.05) is 32.9 Å². The van der Waals surface area contributed by atoms with Crippen molar-refractivity contribution in [3.8, 4) is 44.8 Å². The van der Waals surface area contributed by atoms with Gasteiger partial charge in [-0.1, -0.05) is 120 Å². The Morgan fingerprint density at radius 3 is 1.50 bits per heavy atom. The summed E-state index contributed by atoms with van der Waals surface area (Å²) in [5.41, 5.74) is 20.5. The van der Waals surface area contributed by atoms with E-state index in [0.717, 1.165) is 12.8 Å². The van der Waals surface area contributed by atoms with Crippen molar-refractivity contribution in [2.75, 3.05) is 0 Å². The Kier molecular flexibility index (Phi) is 6.84. The Morgan fingerprint density at radius 1 is 0.370 bits per heavy atom. The third-order valence-electron chi connectivity index (χ3n) is 11.8. The molecule has 54 heavy (non-hydrogen) atoms. The highest BCUT2D eigenvalue weighted by atomic mass is 15.0. The number of aromatic nitrogens is 2. The molecule has 0 saturated heterocycles. The van der Waals surface area contributed by atoms with E-state index in [-0.39, 0.29) is 0 Å². The van der Waals surface area contributed by atoms with Crippen molar-refractivity contribution in [3.05, 3.63) is 192 Å². The van der Waals surface area contributed by atoms with Gasteiger partial charge in [0.25, 0.3) is 0 Å². The fourth-order valence-electron chi connectivity index (χ4n) is 9.06. The second-order valence-corrected chi connectivity index (χ2v) is 15.1. The van der Waals surface area contributed by atoms with Crippen LogP contribution in [0.25, 0.3) is 88.4 Å². The van der Waals surface area contributed by atoms with Crippen molar-refractivity contribution in [2.24, 2.45) is 0 Å². The van der Waals surface area contributed by atoms with E-state index < -0.39 is 0 Å². The Balaban J connectivity index is 1.17. The van der Waals surface area contributed by atoms with Gasteiger partial charge in [-0.15, -0.1) is 0 Å². The maximum atomic E-state index is 2.51. The smallest absolute Gasteiger partial charge is 0.0579 e. The maximum Gasteiger partial charge on any atom is 0.0579 e. The quantitative estimate of drug-likeness (QED) is 0.174. The highest BCUT2D eigenvalue weighted by Gasteiger charge is 2.25. The van der Waals surface area contributed by atoms with Gasteiger partial charge in [0.15, 0.2) is 0 Å². The lowest BCUT2D eigenvalue weighted by Crippen LogP contribution is -2.07. The minimum absolute atomic E-state index is 0.991. The van der Waals surface area contributed by atoms with Crippen molar-refractivity contribution in [1.82, 2.24) is 9.13 Å². The van der Waals surface area contributed by atoms with Crippen LogP contribution in [0.2, 0.25) is 0 Å². The van der Waals surface area contributed by atoms with Crippen molar-refractivity contribution in [3.63, 3.8) is 0 Å². The number of nitrogens with zero attached hydrogens (tertiary/aromatic N) is 2. The monoisotopic (exact) mass is 690 g/mol. The second kappa shape index (κ2) is 11.9. The third-order valence-corrected chi connectivity index (χ3v) is 11.8. The fourth-order valence-corrected chi connectivity index (χ4v) is 9.06. The zero-order chi connectivity index (χ0) is 35.9. The summed E-state index contributed by atoms with van der Waals surface area (Å²) >= 11 is 0. The van der Waals surface area contributed by atoms with E-state index in [2.05, 4.69) is 193 Å². The van der Waals surface area contributed by atoms with E-state index in [4.69, 9.17) is 0 Å². The van der Waals surface area contributed by atoms with Gasteiger partial charge < -0.3 is 9.13 Å². The molecule has 11 rings (SSSR count). The molecular weight excluding hydrogens is 653 g/mol. The first-order valence-corrected chi connectivity index (χ1v) is 19.1. The number of benzene rings is 8. The van der Waals surface area contributed by atoms with E-state index in [9.17, 15) is 0 Å². The molecule has 0 unspecified atom stereocenters. The minimum atomic E-state index is 0.991. The predicted molar refractivity (Wildman–Crippen MR) is 228 cm³/mol. The fraction of sp³-hybridized carbons (Fsp3) is 0.0769. The molecule has 2 heterocycles. The van der Waals surface area contributed by atoms with Gasteiger partial charge in [0.1, 0.15) is 0 Å². The van der Waals surface area contributed by atoms with Crippen molar-refractivity contribution < 1.29 is 0 Å². The highest BCUT2D eigenvalue weighted by molar-refractivity contribution is 6.15. The van der Waals surface area contributed by atoms with Gasteiger partial charge >= 0.3 is 0 Å². The summed E-state index contributed by atoms with van der Waals surface area (Å²) in [5, 5.41) is 5.22. The molecule has 2 heteroatoms. The summed E-state index contributed by atoms with van der Waals surface area (Å²) in [6, 6.07) is 63.3. The minimum Gasteiger partial charge on any atom is -0.309 e. The zero-order valence-corrected chi connectivity index (χ0v) is 30.5. The summed E-state index contributed by atoms with van der Waals surface area (Å²) in [5.74, 6) is 0. The molecule has 2 nitrogen and oxygen atoms in total. The SMILES string of the molecule is Cc1ccc(-c2ccc3c(c2)c2cc4c(cc2n3-c2ccccc2)-c2ccc3c5cc(-c6ccc(C)cc6)ccc5n(-c5ccccc5)c3c2CC4)cc1. The Morgan fingerprint density at radius 2 is 0.889 bits per heavy atom. The van der Waals surface area contributed by atoms with Crippen LogP contribution < -0.4 is 0 Å². The van der Waals surface area contributed by atoms with Gasteiger partial charge in [0.05, 0.1) is 22.1 Å². The van der Waals surface area contributed by atoms with Crippen LogP contribution in [0, 0.1) is 13.8 Å². The first kappa shape index (κ1) is 30.9. The van der Waals surface area contributed by atoms with Gasteiger partial charge in [-0.2, -0.15) is 0 Å².